The first-order valence-corrected chi connectivity index (χ1v) is 4.24. The molecule has 0 bridgehead atoms. The van der Waals surface area contributed by atoms with E-state index in [0.29, 0.717) is 5.75 Å². The molecule has 0 spiro atoms. The van der Waals surface area contributed by atoms with Gasteiger partial charge >= 0.3 is 0 Å². The normalized spacial score (nSPS) is 9.08. The van der Waals surface area contributed by atoms with Crippen molar-refractivity contribution in [3.05, 3.63) is 24.3 Å². The van der Waals surface area contributed by atoms with Crippen molar-refractivity contribution in [2.45, 2.75) is 0 Å². The smallest absolute Gasteiger partial charge is 0.265 e. The molecule has 0 atom stereocenters. The number of methoxy groups -OCH3 is 1. The lowest BCUT2D eigenvalue weighted by molar-refractivity contribution is 0.414. The highest BCUT2D eigenvalue weighted by molar-refractivity contribution is 7.66. The minimum Gasteiger partial charge on any atom is -0.497 e. The molecule has 2 N–H and O–H groups in total. The number of rotatable bonds is 2. The number of nitrogens with two attached hydrogens (primary N) is 1. The number of ether oxygens (including phenoxy) is 2. The first-order valence-electron chi connectivity index (χ1n) is 3.50. The van der Waals surface area contributed by atoms with Crippen molar-refractivity contribution in [3.63, 3.8) is 0 Å². The van der Waals surface area contributed by atoms with Crippen molar-refractivity contribution in [2.75, 3.05) is 7.11 Å². The standard InChI is InChI=1S/C8H9NO3S/c1-11-6-2-4-7(5-3-6)12-8(9)13-10/h2-5H,9H2,1H3. The predicted octanol–water partition coefficient (Wildman–Crippen LogP) is 0.333. The zero-order chi connectivity index (χ0) is 9.68. The Morgan fingerprint density at radius 2 is 1.85 bits per heavy atom. The van der Waals surface area contributed by atoms with Gasteiger partial charge in [0.05, 0.1) is 7.11 Å². The van der Waals surface area contributed by atoms with E-state index in [9.17, 15) is 4.21 Å². The van der Waals surface area contributed by atoms with Gasteiger partial charge in [0.25, 0.3) is 5.17 Å². The van der Waals surface area contributed by atoms with Crippen LogP contribution in [0.2, 0.25) is 0 Å². The Morgan fingerprint density at radius 1 is 1.31 bits per heavy atom. The molecule has 70 valence electrons. The number of hydrogen-bond donors (Lipinski definition) is 1. The van der Waals surface area contributed by atoms with Crippen LogP contribution in [0.3, 0.4) is 0 Å². The molecule has 0 aromatic heterocycles. The molecular formula is C8H9NO3S. The highest BCUT2D eigenvalue weighted by Gasteiger charge is 1.96. The fourth-order valence-corrected chi connectivity index (χ4v) is 0.907. The quantitative estimate of drug-likeness (QED) is 0.697. The van der Waals surface area contributed by atoms with Crippen LogP contribution in [0.15, 0.2) is 24.3 Å². The Morgan fingerprint density at radius 3 is 2.31 bits per heavy atom. The Labute approximate surface area is 79.3 Å². The van der Waals surface area contributed by atoms with Crippen LogP contribution in [-0.4, -0.2) is 16.5 Å². The van der Waals surface area contributed by atoms with Gasteiger partial charge in [0.1, 0.15) is 22.8 Å². The Balaban J connectivity index is 2.75. The molecule has 0 radical (unpaired) electrons. The predicted molar refractivity (Wildman–Crippen MR) is 51.0 cm³/mol. The number of benzene rings is 1. The van der Waals surface area contributed by atoms with E-state index in [1.807, 2.05) is 0 Å². The molecule has 0 saturated carbocycles. The van der Waals surface area contributed by atoms with Crippen molar-refractivity contribution in [2.24, 2.45) is 5.73 Å². The first kappa shape index (κ1) is 9.76. The van der Waals surface area contributed by atoms with Crippen LogP contribution in [0.5, 0.6) is 11.5 Å². The molecular weight excluding hydrogens is 190 g/mol. The third-order valence-electron chi connectivity index (χ3n) is 1.36. The maximum atomic E-state index is 10.2. The van der Waals surface area contributed by atoms with Gasteiger partial charge in [-0.2, -0.15) is 0 Å². The summed E-state index contributed by atoms with van der Waals surface area (Å²) in [6, 6.07) is 6.78. The van der Waals surface area contributed by atoms with Crippen LogP contribution in [0.25, 0.3) is 0 Å². The Hall–Kier alpha value is -1.33. The molecule has 5 heteroatoms. The minimum atomic E-state index is -0.120. The van der Waals surface area contributed by atoms with Crippen LogP contribution in [0, 0.1) is 0 Å². The van der Waals surface area contributed by atoms with Crippen LogP contribution >= 0.6 is 0 Å². The summed E-state index contributed by atoms with van der Waals surface area (Å²) in [5.74, 6) is 1.24. The van der Waals surface area contributed by atoms with Crippen molar-refractivity contribution in [3.8, 4) is 11.5 Å². The summed E-state index contributed by atoms with van der Waals surface area (Å²) in [6.45, 7) is 0. The van der Waals surface area contributed by atoms with Crippen LogP contribution in [-0.2, 0) is 11.3 Å². The van der Waals surface area contributed by atoms with E-state index in [-0.39, 0.29) is 16.4 Å². The summed E-state index contributed by atoms with van der Waals surface area (Å²) >= 11 is 0.121. The van der Waals surface area contributed by atoms with Gasteiger partial charge in [0.15, 0.2) is 0 Å². The lowest BCUT2D eigenvalue weighted by Gasteiger charge is -2.02. The average molecular weight is 199 g/mol. The summed E-state index contributed by atoms with van der Waals surface area (Å²) in [5.41, 5.74) is 5.19. The zero-order valence-electron chi connectivity index (χ0n) is 7.02. The second kappa shape index (κ2) is 4.64. The summed E-state index contributed by atoms with van der Waals surface area (Å²) < 4.78 is 20.1. The Kier molecular flexibility index (Phi) is 3.48. The van der Waals surface area contributed by atoms with Gasteiger partial charge in [-0.25, -0.2) is 4.21 Å². The van der Waals surface area contributed by atoms with E-state index in [1.165, 1.54) is 0 Å². The fraction of sp³-hybridized carbons (Fsp3) is 0.125. The van der Waals surface area contributed by atoms with Crippen LogP contribution < -0.4 is 15.2 Å². The molecule has 1 aromatic carbocycles. The minimum absolute atomic E-state index is 0.120. The molecule has 0 aliphatic rings. The Bertz CT molecular complexity index is 330. The molecule has 1 rings (SSSR count). The molecule has 0 unspecified atom stereocenters. The van der Waals surface area contributed by atoms with Gasteiger partial charge < -0.3 is 9.47 Å². The van der Waals surface area contributed by atoms with Crippen LogP contribution in [0.1, 0.15) is 0 Å². The summed E-state index contributed by atoms with van der Waals surface area (Å²) in [4.78, 5) is 0. The third-order valence-corrected chi connectivity index (χ3v) is 1.61. The summed E-state index contributed by atoms with van der Waals surface area (Å²) in [5, 5.41) is -0.120. The molecule has 0 heterocycles. The molecule has 4 nitrogen and oxygen atoms in total. The molecule has 0 saturated heterocycles. The highest BCUT2D eigenvalue weighted by atomic mass is 32.1. The fourth-order valence-electron chi connectivity index (χ4n) is 0.777. The van der Waals surface area contributed by atoms with Gasteiger partial charge in [-0.3, -0.25) is 5.73 Å². The lowest BCUT2D eigenvalue weighted by Crippen LogP contribution is -2.18. The summed E-state index contributed by atoms with van der Waals surface area (Å²) in [7, 11) is 1.57. The van der Waals surface area contributed by atoms with Gasteiger partial charge in [-0.1, -0.05) is 0 Å². The van der Waals surface area contributed by atoms with E-state index in [1.54, 1.807) is 31.4 Å². The van der Waals surface area contributed by atoms with E-state index in [2.05, 4.69) is 0 Å². The average Bonchev–Trinajstić information content (AvgIpc) is 2.19. The van der Waals surface area contributed by atoms with Gasteiger partial charge in [0.2, 0.25) is 0 Å². The maximum Gasteiger partial charge on any atom is 0.265 e. The third kappa shape index (κ3) is 2.89. The SMILES string of the molecule is COc1ccc(OC(N)=S=O)cc1. The monoisotopic (exact) mass is 199 g/mol. The second-order valence-corrected chi connectivity index (χ2v) is 2.75. The van der Waals surface area contributed by atoms with Gasteiger partial charge in [-0.05, 0) is 24.3 Å². The second-order valence-electron chi connectivity index (χ2n) is 2.18. The summed E-state index contributed by atoms with van der Waals surface area (Å²) in [6.07, 6.45) is 0. The van der Waals surface area contributed by atoms with E-state index in [4.69, 9.17) is 15.2 Å². The number of hydrogen-bond acceptors (Lipinski definition) is 3. The van der Waals surface area contributed by atoms with Crippen molar-refractivity contribution < 1.29 is 13.7 Å². The van der Waals surface area contributed by atoms with Crippen molar-refractivity contribution in [1.82, 2.24) is 0 Å². The van der Waals surface area contributed by atoms with Gasteiger partial charge in [-0.15, -0.1) is 0 Å². The van der Waals surface area contributed by atoms with Crippen molar-refractivity contribution in [1.29, 1.82) is 0 Å². The molecule has 0 aliphatic carbocycles. The largest absolute Gasteiger partial charge is 0.497 e. The van der Waals surface area contributed by atoms with E-state index in [0.717, 1.165) is 5.75 Å². The lowest BCUT2D eigenvalue weighted by atomic mass is 10.3. The topological polar surface area (TPSA) is 61.6 Å². The zero-order valence-corrected chi connectivity index (χ0v) is 7.84. The van der Waals surface area contributed by atoms with E-state index < -0.39 is 0 Å². The molecule has 0 amide bonds. The maximum absolute atomic E-state index is 10.2. The molecule has 13 heavy (non-hydrogen) atoms. The molecule has 0 aliphatic heterocycles. The van der Waals surface area contributed by atoms with Crippen molar-refractivity contribution >= 4 is 16.4 Å². The van der Waals surface area contributed by atoms with Crippen LogP contribution in [0.4, 0.5) is 0 Å². The molecule has 0 fully saturated rings. The molecule has 1 aromatic rings. The van der Waals surface area contributed by atoms with Gasteiger partial charge in [0, 0.05) is 0 Å². The first-order chi connectivity index (χ1) is 6.26. The highest BCUT2D eigenvalue weighted by Crippen LogP contribution is 2.16. The van der Waals surface area contributed by atoms with E-state index >= 15 is 0 Å².